The number of aryl methyl sites for hydroxylation is 1. The molecular formula is C16H16N4O3S. The Hall–Kier alpha value is -2.48. The van der Waals surface area contributed by atoms with Crippen LogP contribution in [0.4, 0.5) is 0 Å². The van der Waals surface area contributed by atoms with Gasteiger partial charge in [-0.15, -0.1) is 11.3 Å². The highest BCUT2D eigenvalue weighted by Crippen LogP contribution is 2.33. The Morgan fingerprint density at radius 1 is 1.46 bits per heavy atom. The van der Waals surface area contributed by atoms with Crippen LogP contribution >= 0.6 is 11.3 Å². The van der Waals surface area contributed by atoms with E-state index in [1.54, 1.807) is 35.9 Å². The molecule has 1 saturated heterocycles. The van der Waals surface area contributed by atoms with E-state index >= 15 is 0 Å². The first-order valence-electron chi connectivity index (χ1n) is 7.86. The van der Waals surface area contributed by atoms with Crippen molar-refractivity contribution in [2.24, 2.45) is 0 Å². The summed E-state index contributed by atoms with van der Waals surface area (Å²) in [6, 6.07) is 3.64. The Bertz CT molecular complexity index is 797. The number of furan rings is 1. The fourth-order valence-electron chi connectivity index (χ4n) is 2.94. The number of aromatic nitrogens is 3. The zero-order valence-corrected chi connectivity index (χ0v) is 13.7. The molecule has 124 valence electrons. The molecule has 4 heterocycles. The molecule has 4 rings (SSSR count). The van der Waals surface area contributed by atoms with Gasteiger partial charge in [0.05, 0.1) is 12.3 Å². The Labute approximate surface area is 142 Å². The number of nitrogens with zero attached hydrogens (tertiary/aromatic N) is 4. The van der Waals surface area contributed by atoms with E-state index in [1.165, 1.54) is 0 Å². The Morgan fingerprint density at radius 3 is 3.21 bits per heavy atom. The van der Waals surface area contributed by atoms with E-state index in [-0.39, 0.29) is 11.9 Å². The van der Waals surface area contributed by atoms with E-state index in [4.69, 9.17) is 8.94 Å². The standard InChI is InChI=1S/C16H16N4O3S/c21-14(20-8-1-3-11(20)16-17-7-10-24-16)6-5-13-18-15(19-23-13)12-4-2-9-22-12/h2,4,7,9-11H,1,3,5-6,8H2. The van der Waals surface area contributed by atoms with Crippen molar-refractivity contribution < 1.29 is 13.7 Å². The molecule has 0 spiro atoms. The van der Waals surface area contributed by atoms with E-state index in [1.807, 2.05) is 10.3 Å². The van der Waals surface area contributed by atoms with Gasteiger partial charge in [-0.3, -0.25) is 4.79 Å². The smallest absolute Gasteiger partial charge is 0.238 e. The molecule has 7 nitrogen and oxygen atoms in total. The zero-order chi connectivity index (χ0) is 16.4. The lowest BCUT2D eigenvalue weighted by Crippen LogP contribution is -2.30. The van der Waals surface area contributed by atoms with E-state index in [0.29, 0.717) is 30.3 Å². The first kappa shape index (κ1) is 15.1. The van der Waals surface area contributed by atoms with Crippen molar-refractivity contribution in [1.82, 2.24) is 20.0 Å². The summed E-state index contributed by atoms with van der Waals surface area (Å²) in [5, 5.41) is 6.84. The number of hydrogen-bond acceptors (Lipinski definition) is 7. The molecule has 0 aliphatic carbocycles. The van der Waals surface area contributed by atoms with Crippen molar-refractivity contribution in [2.75, 3.05) is 6.54 Å². The minimum absolute atomic E-state index is 0.102. The predicted octanol–water partition coefficient (Wildman–Crippen LogP) is 3.08. The molecule has 1 unspecified atom stereocenters. The number of amides is 1. The van der Waals surface area contributed by atoms with Crippen molar-refractivity contribution in [1.29, 1.82) is 0 Å². The Morgan fingerprint density at radius 2 is 2.42 bits per heavy atom. The van der Waals surface area contributed by atoms with Crippen LogP contribution < -0.4 is 0 Å². The summed E-state index contributed by atoms with van der Waals surface area (Å²) in [6.07, 6.45) is 6.10. The van der Waals surface area contributed by atoms with Gasteiger partial charge in [0.2, 0.25) is 17.6 Å². The van der Waals surface area contributed by atoms with Gasteiger partial charge in [0.1, 0.15) is 5.01 Å². The van der Waals surface area contributed by atoms with Crippen LogP contribution in [0.3, 0.4) is 0 Å². The number of likely N-dealkylation sites (tertiary alicyclic amines) is 1. The fraction of sp³-hybridized carbons (Fsp3) is 0.375. The summed E-state index contributed by atoms with van der Waals surface area (Å²) in [4.78, 5) is 23.1. The number of hydrogen-bond donors (Lipinski definition) is 0. The predicted molar refractivity (Wildman–Crippen MR) is 86.1 cm³/mol. The second kappa shape index (κ2) is 6.56. The lowest BCUT2D eigenvalue weighted by atomic mass is 10.2. The van der Waals surface area contributed by atoms with Crippen LogP contribution in [0, 0.1) is 0 Å². The van der Waals surface area contributed by atoms with Crippen molar-refractivity contribution in [3.63, 3.8) is 0 Å². The van der Waals surface area contributed by atoms with Crippen LogP contribution in [0.5, 0.6) is 0 Å². The minimum Gasteiger partial charge on any atom is -0.461 e. The molecule has 0 N–H and O–H groups in total. The number of thiazole rings is 1. The Kier molecular flexibility index (Phi) is 4.12. The van der Waals surface area contributed by atoms with Crippen LogP contribution in [0.2, 0.25) is 0 Å². The summed E-state index contributed by atoms with van der Waals surface area (Å²) >= 11 is 1.60. The molecule has 1 fully saturated rings. The van der Waals surface area contributed by atoms with Crippen LogP contribution in [-0.2, 0) is 11.2 Å². The molecule has 3 aromatic rings. The lowest BCUT2D eigenvalue weighted by Gasteiger charge is -2.22. The topological polar surface area (TPSA) is 85.3 Å². The van der Waals surface area contributed by atoms with Gasteiger partial charge in [0, 0.05) is 31.0 Å². The third kappa shape index (κ3) is 2.96. The molecule has 0 saturated carbocycles. The van der Waals surface area contributed by atoms with Crippen LogP contribution in [0.25, 0.3) is 11.6 Å². The summed E-state index contributed by atoms with van der Waals surface area (Å²) in [5.74, 6) is 1.51. The molecule has 24 heavy (non-hydrogen) atoms. The maximum atomic E-state index is 12.6. The average Bonchev–Trinajstić information content (AvgIpc) is 3.40. The third-order valence-corrected chi connectivity index (χ3v) is 4.95. The molecular weight excluding hydrogens is 328 g/mol. The second-order valence-electron chi connectivity index (χ2n) is 5.60. The summed E-state index contributed by atoms with van der Waals surface area (Å²) in [5.41, 5.74) is 0. The molecule has 0 radical (unpaired) electrons. The van der Waals surface area contributed by atoms with Crippen molar-refractivity contribution in [3.8, 4) is 11.6 Å². The van der Waals surface area contributed by atoms with Crippen molar-refractivity contribution in [3.05, 3.63) is 40.9 Å². The number of rotatable bonds is 5. The van der Waals surface area contributed by atoms with E-state index < -0.39 is 0 Å². The SMILES string of the molecule is O=C(CCc1nc(-c2ccco2)no1)N1CCCC1c1nccs1. The molecule has 1 atom stereocenters. The maximum Gasteiger partial charge on any atom is 0.238 e. The molecule has 0 bridgehead atoms. The zero-order valence-electron chi connectivity index (χ0n) is 12.9. The van der Waals surface area contributed by atoms with Gasteiger partial charge in [0.15, 0.2) is 5.76 Å². The van der Waals surface area contributed by atoms with Crippen LogP contribution in [0.1, 0.15) is 36.2 Å². The Balaban J connectivity index is 1.38. The summed E-state index contributed by atoms with van der Waals surface area (Å²) < 4.78 is 10.4. The van der Waals surface area contributed by atoms with Gasteiger partial charge in [0.25, 0.3) is 0 Å². The average molecular weight is 344 g/mol. The highest BCUT2D eigenvalue weighted by atomic mass is 32.1. The summed E-state index contributed by atoms with van der Waals surface area (Å²) in [6.45, 7) is 0.782. The van der Waals surface area contributed by atoms with Crippen molar-refractivity contribution >= 4 is 17.2 Å². The quantitative estimate of drug-likeness (QED) is 0.707. The molecule has 3 aromatic heterocycles. The van der Waals surface area contributed by atoms with Gasteiger partial charge >= 0.3 is 0 Å². The highest BCUT2D eigenvalue weighted by molar-refractivity contribution is 7.09. The van der Waals surface area contributed by atoms with E-state index in [9.17, 15) is 4.79 Å². The summed E-state index contributed by atoms with van der Waals surface area (Å²) in [7, 11) is 0. The largest absolute Gasteiger partial charge is 0.461 e. The normalized spacial score (nSPS) is 17.5. The van der Waals surface area contributed by atoms with Gasteiger partial charge in [-0.05, 0) is 25.0 Å². The first-order chi connectivity index (χ1) is 11.8. The minimum atomic E-state index is 0.102. The van der Waals surface area contributed by atoms with Gasteiger partial charge in [-0.25, -0.2) is 4.98 Å². The third-order valence-electron chi connectivity index (χ3n) is 4.07. The second-order valence-corrected chi connectivity index (χ2v) is 6.53. The van der Waals surface area contributed by atoms with Crippen LogP contribution in [-0.4, -0.2) is 32.5 Å². The first-order valence-corrected chi connectivity index (χ1v) is 8.74. The van der Waals surface area contributed by atoms with Crippen molar-refractivity contribution in [2.45, 2.75) is 31.7 Å². The lowest BCUT2D eigenvalue weighted by molar-refractivity contribution is -0.132. The van der Waals surface area contributed by atoms with Gasteiger partial charge in [-0.2, -0.15) is 4.98 Å². The van der Waals surface area contributed by atoms with Gasteiger partial charge in [-0.1, -0.05) is 5.16 Å². The molecule has 1 amide bonds. The fourth-order valence-corrected chi connectivity index (χ4v) is 3.73. The van der Waals surface area contributed by atoms with E-state index in [0.717, 1.165) is 24.4 Å². The van der Waals surface area contributed by atoms with Gasteiger partial charge < -0.3 is 13.8 Å². The monoisotopic (exact) mass is 344 g/mol. The number of carbonyl (C=O) groups is 1. The molecule has 0 aromatic carbocycles. The maximum absolute atomic E-state index is 12.6. The molecule has 1 aliphatic heterocycles. The number of carbonyl (C=O) groups excluding carboxylic acids is 1. The van der Waals surface area contributed by atoms with Crippen LogP contribution in [0.15, 0.2) is 38.9 Å². The molecule has 8 heteroatoms. The molecule has 1 aliphatic rings. The highest BCUT2D eigenvalue weighted by Gasteiger charge is 2.31. The van der Waals surface area contributed by atoms with E-state index in [2.05, 4.69) is 15.1 Å².